The van der Waals surface area contributed by atoms with Gasteiger partial charge in [0.15, 0.2) is 5.17 Å². The first kappa shape index (κ1) is 24.8. The van der Waals surface area contributed by atoms with Crippen LogP contribution in [0.3, 0.4) is 0 Å². The lowest BCUT2D eigenvalue weighted by Crippen LogP contribution is -2.29. The van der Waals surface area contributed by atoms with Gasteiger partial charge in [0.05, 0.1) is 7.11 Å². The number of benzene rings is 2. The van der Waals surface area contributed by atoms with Gasteiger partial charge in [-0.2, -0.15) is 0 Å². The lowest BCUT2D eigenvalue weighted by Gasteiger charge is -2.14. The van der Waals surface area contributed by atoms with Gasteiger partial charge < -0.3 is 20.5 Å². The molecule has 1 aromatic heterocycles. The number of aryl methyl sites for hydroxylation is 1. The molecule has 0 unspecified atom stereocenters. The third-order valence-corrected chi connectivity index (χ3v) is 6.49. The Balaban J connectivity index is 1.56. The van der Waals surface area contributed by atoms with Crippen LogP contribution >= 0.6 is 11.8 Å². The van der Waals surface area contributed by atoms with E-state index in [-0.39, 0.29) is 23.1 Å². The van der Waals surface area contributed by atoms with Crippen LogP contribution in [0.25, 0.3) is 0 Å². The van der Waals surface area contributed by atoms with Gasteiger partial charge in [0, 0.05) is 12.1 Å². The van der Waals surface area contributed by atoms with Crippen molar-refractivity contribution in [1.82, 2.24) is 15.3 Å². The van der Waals surface area contributed by atoms with Crippen molar-refractivity contribution < 1.29 is 19.4 Å². The van der Waals surface area contributed by atoms with Crippen molar-refractivity contribution in [3.63, 3.8) is 0 Å². The number of thioether (sulfide) groups is 1. The molecule has 186 valence electrons. The molecule has 11 nitrogen and oxygen atoms in total. The second kappa shape index (κ2) is 10.5. The van der Waals surface area contributed by atoms with E-state index in [4.69, 9.17) is 4.74 Å². The number of aromatic nitrogens is 2. The van der Waals surface area contributed by atoms with Crippen molar-refractivity contribution in [3.05, 3.63) is 86.1 Å². The van der Waals surface area contributed by atoms with Gasteiger partial charge in [-0.1, -0.05) is 41.6 Å². The Morgan fingerprint density at radius 3 is 2.44 bits per heavy atom. The highest BCUT2D eigenvalue weighted by Crippen LogP contribution is 2.32. The zero-order chi connectivity index (χ0) is 25.8. The smallest absolute Gasteiger partial charge is 0.328 e. The van der Waals surface area contributed by atoms with E-state index in [0.717, 1.165) is 17.3 Å². The second-order valence-electron chi connectivity index (χ2n) is 7.99. The monoisotopic (exact) mass is 509 g/mol. The maximum absolute atomic E-state index is 12.6. The zero-order valence-corrected chi connectivity index (χ0v) is 20.1. The van der Waals surface area contributed by atoms with Gasteiger partial charge in [0.1, 0.15) is 22.6 Å². The van der Waals surface area contributed by atoms with Gasteiger partial charge in [-0.25, -0.2) is 9.79 Å². The number of aromatic hydroxyl groups is 1. The van der Waals surface area contributed by atoms with Gasteiger partial charge in [-0.05, 0) is 36.8 Å². The summed E-state index contributed by atoms with van der Waals surface area (Å²) in [7, 11) is 1.54. The largest absolute Gasteiger partial charge is 0.497 e. The van der Waals surface area contributed by atoms with Crippen LogP contribution < -0.4 is 26.6 Å². The number of nitrogens with zero attached hydrogens (tertiary/aromatic N) is 1. The first-order valence-electron chi connectivity index (χ1n) is 10.8. The molecule has 2 aromatic carbocycles. The number of carbonyl (C=O) groups is 2. The van der Waals surface area contributed by atoms with E-state index in [1.165, 1.54) is 0 Å². The number of anilines is 1. The predicted molar refractivity (Wildman–Crippen MR) is 136 cm³/mol. The Morgan fingerprint density at radius 1 is 1.11 bits per heavy atom. The molecule has 12 heteroatoms. The molecule has 2 atom stereocenters. The maximum atomic E-state index is 12.6. The average molecular weight is 510 g/mol. The Kier molecular flexibility index (Phi) is 7.25. The van der Waals surface area contributed by atoms with E-state index < -0.39 is 34.3 Å². The first-order valence-corrected chi connectivity index (χ1v) is 11.7. The third kappa shape index (κ3) is 5.66. The minimum Gasteiger partial charge on any atom is -0.497 e. The molecule has 0 spiro atoms. The standard InChI is InChI=1S/C24H23N5O6S/c1-12-3-5-13(6-4-12)19(18-21(32)27-23(34)28-22(18)33)26-24-29-20(31)16(36-24)11-17(30)25-14-7-9-15(35-2)10-8-14/h3-10,16,19H,11H2,1-2H3,(H,25,30)(H,26,29,31)(H3,27,28,32,33,34)/t16-,19-/m0/s1. The molecule has 3 aromatic rings. The number of amides is 2. The molecule has 1 aliphatic rings. The average Bonchev–Trinajstić information content (AvgIpc) is 3.17. The quantitative estimate of drug-likeness (QED) is 0.324. The third-order valence-electron chi connectivity index (χ3n) is 5.39. The van der Waals surface area contributed by atoms with Crippen LogP contribution in [0.5, 0.6) is 11.6 Å². The number of aliphatic imine (C=N–C) groups is 1. The number of H-pyrrole nitrogens is 2. The van der Waals surface area contributed by atoms with Gasteiger partial charge >= 0.3 is 5.69 Å². The molecule has 1 saturated heterocycles. The lowest BCUT2D eigenvalue weighted by molar-refractivity contribution is -0.122. The highest BCUT2D eigenvalue weighted by molar-refractivity contribution is 8.15. The summed E-state index contributed by atoms with van der Waals surface area (Å²) in [4.78, 5) is 57.9. The van der Waals surface area contributed by atoms with Crippen molar-refractivity contribution in [2.75, 3.05) is 12.4 Å². The molecule has 2 amide bonds. The normalized spacial score (nSPS) is 17.0. The number of amidine groups is 1. The summed E-state index contributed by atoms with van der Waals surface area (Å²) < 4.78 is 5.09. The van der Waals surface area contributed by atoms with Crippen molar-refractivity contribution in [2.45, 2.75) is 24.6 Å². The van der Waals surface area contributed by atoms with E-state index in [1.54, 1.807) is 43.5 Å². The summed E-state index contributed by atoms with van der Waals surface area (Å²) in [5, 5.41) is 15.1. The van der Waals surface area contributed by atoms with Gasteiger partial charge in [0.2, 0.25) is 17.7 Å². The van der Waals surface area contributed by atoms with Crippen molar-refractivity contribution in [1.29, 1.82) is 0 Å². The Hall–Kier alpha value is -4.32. The fraction of sp³-hybridized carbons (Fsp3) is 0.208. The summed E-state index contributed by atoms with van der Waals surface area (Å²) in [6.45, 7) is 1.89. The van der Waals surface area contributed by atoms with Gasteiger partial charge in [-0.15, -0.1) is 0 Å². The highest BCUT2D eigenvalue weighted by Gasteiger charge is 2.33. The number of nitrogens with one attached hydrogen (secondary N) is 4. The van der Waals surface area contributed by atoms with E-state index >= 15 is 0 Å². The van der Waals surface area contributed by atoms with Gasteiger partial charge in [-0.3, -0.25) is 24.4 Å². The molecule has 36 heavy (non-hydrogen) atoms. The van der Waals surface area contributed by atoms with E-state index in [1.807, 2.05) is 19.1 Å². The molecule has 0 saturated carbocycles. The highest BCUT2D eigenvalue weighted by atomic mass is 32.2. The molecule has 1 fully saturated rings. The summed E-state index contributed by atoms with van der Waals surface area (Å²) in [5.41, 5.74) is 0.235. The van der Waals surface area contributed by atoms with Crippen LogP contribution in [-0.2, 0) is 9.59 Å². The van der Waals surface area contributed by atoms with Crippen LogP contribution in [0.2, 0.25) is 0 Å². The van der Waals surface area contributed by atoms with Crippen LogP contribution in [0, 0.1) is 6.92 Å². The molecular weight excluding hydrogens is 486 g/mol. The van der Waals surface area contributed by atoms with Crippen LogP contribution in [0.15, 0.2) is 63.1 Å². The van der Waals surface area contributed by atoms with E-state index in [0.29, 0.717) is 17.0 Å². The number of ether oxygens (including phenoxy) is 1. The first-order chi connectivity index (χ1) is 17.2. The Labute approximate surface area is 209 Å². The minimum absolute atomic E-state index is 0.110. The summed E-state index contributed by atoms with van der Waals surface area (Å²) in [6, 6.07) is 12.8. The molecule has 0 bridgehead atoms. The number of methoxy groups -OCH3 is 1. The van der Waals surface area contributed by atoms with Crippen LogP contribution in [0.4, 0.5) is 5.69 Å². The fourth-order valence-electron chi connectivity index (χ4n) is 3.56. The number of aromatic amines is 2. The lowest BCUT2D eigenvalue weighted by atomic mass is 10.00. The van der Waals surface area contributed by atoms with E-state index in [9.17, 15) is 24.3 Å². The number of rotatable bonds is 7. The summed E-state index contributed by atoms with van der Waals surface area (Å²) >= 11 is 1.04. The Bertz CT molecular complexity index is 1430. The molecule has 5 N–H and O–H groups in total. The fourth-order valence-corrected chi connectivity index (χ4v) is 4.56. The topological polar surface area (TPSA) is 166 Å². The van der Waals surface area contributed by atoms with Gasteiger partial charge in [0.25, 0.3) is 5.56 Å². The number of hydrogen-bond acceptors (Lipinski definition) is 8. The SMILES string of the molecule is COc1ccc(NC(=O)C[C@@H]2SC(=N[C@@H](c3ccc(C)cc3)c3c(O)[nH]c(=O)[nH]c3=O)NC2=O)cc1. The van der Waals surface area contributed by atoms with Crippen LogP contribution in [-0.4, -0.2) is 44.4 Å². The molecule has 1 aliphatic heterocycles. The molecule has 0 aliphatic carbocycles. The minimum atomic E-state index is -1.03. The summed E-state index contributed by atoms with van der Waals surface area (Å²) in [6.07, 6.45) is -0.110. The van der Waals surface area contributed by atoms with E-state index in [2.05, 4.69) is 25.6 Å². The second-order valence-corrected chi connectivity index (χ2v) is 9.19. The zero-order valence-electron chi connectivity index (χ0n) is 19.3. The van der Waals surface area contributed by atoms with Crippen molar-refractivity contribution in [3.8, 4) is 11.6 Å². The van der Waals surface area contributed by atoms with Crippen molar-refractivity contribution in [2.24, 2.45) is 4.99 Å². The number of carbonyl (C=O) groups excluding carboxylic acids is 2. The number of hydrogen-bond donors (Lipinski definition) is 5. The Morgan fingerprint density at radius 2 is 1.81 bits per heavy atom. The molecule has 4 rings (SSSR count). The predicted octanol–water partition coefficient (Wildman–Crippen LogP) is 1.79. The summed E-state index contributed by atoms with van der Waals surface area (Å²) in [5.74, 6) is -0.747. The molecular formula is C24H23N5O6S. The van der Waals surface area contributed by atoms with Crippen molar-refractivity contribution >= 4 is 34.4 Å². The maximum Gasteiger partial charge on any atom is 0.328 e. The molecule has 2 heterocycles. The molecule has 0 radical (unpaired) electrons. The van der Waals surface area contributed by atoms with Crippen LogP contribution in [0.1, 0.15) is 29.2 Å².